The molecule has 4 rings (SSSR count). The van der Waals surface area contributed by atoms with Crippen LogP contribution in [0.1, 0.15) is 46.9 Å². The summed E-state index contributed by atoms with van der Waals surface area (Å²) in [7, 11) is 0. The van der Waals surface area contributed by atoms with Crippen molar-refractivity contribution in [2.45, 2.75) is 38.6 Å². The summed E-state index contributed by atoms with van der Waals surface area (Å²) in [5.41, 5.74) is 3.89. The van der Waals surface area contributed by atoms with E-state index in [1.807, 2.05) is 15.8 Å². The highest BCUT2D eigenvalue weighted by atomic mass is 16.2. The summed E-state index contributed by atoms with van der Waals surface area (Å²) >= 11 is 0. The van der Waals surface area contributed by atoms with Crippen molar-refractivity contribution < 1.29 is 4.79 Å². The number of carbonyl (C=O) groups is 1. The van der Waals surface area contributed by atoms with Gasteiger partial charge in [0.15, 0.2) is 5.69 Å². The second kappa shape index (κ2) is 6.36. The van der Waals surface area contributed by atoms with Crippen molar-refractivity contribution in [3.05, 3.63) is 41.2 Å². The molecule has 6 heteroatoms. The van der Waals surface area contributed by atoms with Gasteiger partial charge in [0, 0.05) is 12.2 Å². The van der Waals surface area contributed by atoms with Crippen LogP contribution in [0.4, 0.5) is 5.69 Å². The van der Waals surface area contributed by atoms with Crippen LogP contribution in [0.15, 0.2) is 24.4 Å². The van der Waals surface area contributed by atoms with Crippen molar-refractivity contribution in [2.75, 3.05) is 24.5 Å². The number of amides is 1. The molecule has 2 aromatic rings. The number of nitrogens with one attached hydrogen (secondary N) is 1. The number of hydrogen-bond donors (Lipinski definition) is 1. The Kier molecular flexibility index (Phi) is 4.06. The Morgan fingerprint density at radius 2 is 2.12 bits per heavy atom. The molecule has 3 heterocycles. The molecule has 0 spiro atoms. The number of hydrogen-bond acceptors (Lipinski definition) is 4. The quantitative estimate of drug-likeness (QED) is 0.918. The van der Waals surface area contributed by atoms with E-state index < -0.39 is 0 Å². The normalized spacial score (nSPS) is 18.5. The van der Waals surface area contributed by atoms with Crippen molar-refractivity contribution in [3.63, 3.8) is 0 Å². The zero-order valence-electron chi connectivity index (χ0n) is 14.0. The van der Waals surface area contributed by atoms with E-state index in [1.165, 1.54) is 11.1 Å². The molecule has 24 heavy (non-hydrogen) atoms. The molecule has 0 saturated carbocycles. The molecule has 1 N–H and O–H groups in total. The summed E-state index contributed by atoms with van der Waals surface area (Å²) in [6, 6.07) is 6.69. The zero-order chi connectivity index (χ0) is 16.5. The number of fused-ring (bicyclic) bond motifs is 1. The summed E-state index contributed by atoms with van der Waals surface area (Å²) in [5, 5.41) is 11.7. The Morgan fingerprint density at radius 1 is 1.29 bits per heavy atom. The van der Waals surface area contributed by atoms with Gasteiger partial charge in [-0.15, -0.1) is 5.10 Å². The standard InChI is InChI=1S/C18H23N5O/c1-13-4-5-14-3-2-10-22(17(14)11-13)18(24)16-12-23(21-20-16)15-6-8-19-9-7-15/h4-5,11-12,15,19H,2-3,6-10H2,1H3. The number of rotatable bonds is 2. The average molecular weight is 325 g/mol. The van der Waals surface area contributed by atoms with E-state index in [2.05, 4.69) is 40.8 Å². The molecule has 0 unspecified atom stereocenters. The molecule has 1 fully saturated rings. The van der Waals surface area contributed by atoms with Crippen molar-refractivity contribution in [1.29, 1.82) is 0 Å². The van der Waals surface area contributed by atoms with Crippen LogP contribution < -0.4 is 10.2 Å². The highest BCUT2D eigenvalue weighted by Crippen LogP contribution is 2.29. The number of nitrogens with zero attached hydrogens (tertiary/aromatic N) is 4. The van der Waals surface area contributed by atoms with Crippen LogP contribution in [-0.4, -0.2) is 40.5 Å². The molecule has 2 aliphatic rings. The van der Waals surface area contributed by atoms with Crippen molar-refractivity contribution in [3.8, 4) is 0 Å². The van der Waals surface area contributed by atoms with Crippen LogP contribution in [0.5, 0.6) is 0 Å². The first-order valence-electron chi connectivity index (χ1n) is 8.76. The lowest BCUT2D eigenvalue weighted by Crippen LogP contribution is -2.35. The molecule has 2 aliphatic heterocycles. The van der Waals surface area contributed by atoms with Gasteiger partial charge in [-0.1, -0.05) is 17.3 Å². The maximum atomic E-state index is 13.0. The van der Waals surface area contributed by atoms with E-state index in [0.29, 0.717) is 11.7 Å². The number of aromatic nitrogens is 3. The Bertz CT molecular complexity index is 748. The molecular formula is C18H23N5O. The third kappa shape index (κ3) is 2.82. The smallest absolute Gasteiger partial charge is 0.280 e. The molecule has 126 valence electrons. The number of aryl methyl sites for hydroxylation is 2. The van der Waals surface area contributed by atoms with Crippen molar-refractivity contribution >= 4 is 11.6 Å². The van der Waals surface area contributed by atoms with Crippen LogP contribution >= 0.6 is 0 Å². The topological polar surface area (TPSA) is 63.1 Å². The zero-order valence-corrected chi connectivity index (χ0v) is 14.0. The second-order valence-electron chi connectivity index (χ2n) is 6.76. The van der Waals surface area contributed by atoms with Gasteiger partial charge >= 0.3 is 0 Å². The molecule has 1 amide bonds. The Labute approximate surface area is 141 Å². The minimum absolute atomic E-state index is 0.0401. The largest absolute Gasteiger partial charge is 0.317 e. The lowest BCUT2D eigenvalue weighted by molar-refractivity contribution is 0.0980. The monoisotopic (exact) mass is 325 g/mol. The van der Waals surface area contributed by atoms with E-state index in [9.17, 15) is 4.79 Å². The van der Waals surface area contributed by atoms with Crippen molar-refractivity contribution in [2.24, 2.45) is 0 Å². The molecule has 0 bridgehead atoms. The van der Waals surface area contributed by atoms with Crippen LogP contribution in [0.2, 0.25) is 0 Å². The van der Waals surface area contributed by atoms with Gasteiger partial charge in [0.2, 0.25) is 0 Å². The van der Waals surface area contributed by atoms with Gasteiger partial charge in [0.05, 0.1) is 12.2 Å². The van der Waals surface area contributed by atoms with E-state index in [1.54, 1.807) is 0 Å². The van der Waals surface area contributed by atoms with Gasteiger partial charge in [-0.25, -0.2) is 4.68 Å². The third-order valence-electron chi connectivity index (χ3n) is 5.02. The molecule has 1 aromatic heterocycles. The minimum Gasteiger partial charge on any atom is -0.317 e. The lowest BCUT2D eigenvalue weighted by atomic mass is 9.99. The van der Waals surface area contributed by atoms with Gasteiger partial charge in [-0.2, -0.15) is 0 Å². The third-order valence-corrected chi connectivity index (χ3v) is 5.02. The first-order valence-corrected chi connectivity index (χ1v) is 8.76. The maximum Gasteiger partial charge on any atom is 0.280 e. The number of carbonyl (C=O) groups excluding carboxylic acids is 1. The van der Waals surface area contributed by atoms with Gasteiger partial charge < -0.3 is 10.2 Å². The molecule has 1 saturated heterocycles. The van der Waals surface area contributed by atoms with E-state index in [4.69, 9.17) is 0 Å². The highest BCUT2D eigenvalue weighted by Gasteiger charge is 2.26. The van der Waals surface area contributed by atoms with Gasteiger partial charge in [0.1, 0.15) is 0 Å². The Balaban J connectivity index is 1.59. The van der Waals surface area contributed by atoms with Crippen LogP contribution in [0.25, 0.3) is 0 Å². The fraction of sp³-hybridized carbons (Fsp3) is 0.500. The van der Waals surface area contributed by atoms with Gasteiger partial charge in [-0.3, -0.25) is 4.79 Å². The number of benzene rings is 1. The predicted octanol–water partition coefficient (Wildman–Crippen LogP) is 2.10. The highest BCUT2D eigenvalue weighted by molar-refractivity contribution is 6.05. The Hall–Kier alpha value is -2.21. The number of anilines is 1. The first-order chi connectivity index (χ1) is 11.7. The van der Waals surface area contributed by atoms with Crippen molar-refractivity contribution in [1.82, 2.24) is 20.3 Å². The summed E-state index contributed by atoms with van der Waals surface area (Å²) in [5.74, 6) is -0.0401. The summed E-state index contributed by atoms with van der Waals surface area (Å²) in [4.78, 5) is 14.8. The van der Waals surface area contributed by atoms with Gasteiger partial charge in [0.25, 0.3) is 5.91 Å². The molecular weight excluding hydrogens is 302 g/mol. The fourth-order valence-electron chi connectivity index (χ4n) is 3.66. The van der Waals surface area contributed by atoms with Gasteiger partial charge in [-0.05, 0) is 62.9 Å². The summed E-state index contributed by atoms with van der Waals surface area (Å²) < 4.78 is 1.87. The molecule has 0 aliphatic carbocycles. The summed E-state index contributed by atoms with van der Waals surface area (Å²) in [6.45, 7) is 4.79. The SMILES string of the molecule is Cc1ccc2c(c1)N(C(=O)c1cn(C3CCNCC3)nn1)CCC2. The number of piperidine rings is 1. The minimum atomic E-state index is -0.0401. The molecule has 0 atom stereocenters. The molecule has 6 nitrogen and oxygen atoms in total. The van der Waals surface area contributed by atoms with E-state index in [0.717, 1.165) is 51.0 Å². The maximum absolute atomic E-state index is 13.0. The Morgan fingerprint density at radius 3 is 2.96 bits per heavy atom. The van der Waals surface area contributed by atoms with Crippen LogP contribution in [0, 0.1) is 6.92 Å². The van der Waals surface area contributed by atoms with Crippen LogP contribution in [-0.2, 0) is 6.42 Å². The second-order valence-corrected chi connectivity index (χ2v) is 6.76. The van der Waals surface area contributed by atoms with Crippen LogP contribution in [0.3, 0.4) is 0 Å². The molecule has 0 radical (unpaired) electrons. The lowest BCUT2D eigenvalue weighted by Gasteiger charge is -2.29. The average Bonchev–Trinajstić information content (AvgIpc) is 3.11. The fourth-order valence-corrected chi connectivity index (χ4v) is 3.66. The first kappa shape index (κ1) is 15.3. The van der Waals surface area contributed by atoms with E-state index in [-0.39, 0.29) is 5.91 Å². The predicted molar refractivity (Wildman–Crippen MR) is 92.3 cm³/mol. The summed E-state index contributed by atoms with van der Waals surface area (Å²) in [6.07, 6.45) is 5.90. The van der Waals surface area contributed by atoms with E-state index >= 15 is 0 Å². The molecule has 1 aromatic carbocycles.